The molecule has 1 amide bonds. The van der Waals surface area contributed by atoms with Crippen LogP contribution in [0, 0.1) is 0 Å². The molecule has 0 bridgehead atoms. The quantitative estimate of drug-likeness (QED) is 0.683. The number of morpholine rings is 1. The molecule has 2 aliphatic heterocycles. The minimum atomic E-state index is -0.239. The van der Waals surface area contributed by atoms with Crippen molar-refractivity contribution in [2.24, 2.45) is 0 Å². The Labute approximate surface area is 91.0 Å². The molecule has 0 spiro atoms. The molecule has 2 fully saturated rings. The molecule has 0 aromatic heterocycles. The normalized spacial score (nSPS) is 28.5. The first-order valence-corrected chi connectivity index (χ1v) is 5.99. The maximum absolute atomic E-state index is 12.1. The molecule has 0 aliphatic carbocycles. The standard InChI is InChI=1S/C11H20N2O2/c14-11(10-9-12-5-8-15-10)13-6-3-1-2-4-7-13/h10,12H,1-9H2/t10-/m0/s1. The fraction of sp³-hybridized carbons (Fsp3) is 0.909. The Bertz CT molecular complexity index is 207. The van der Waals surface area contributed by atoms with Gasteiger partial charge in [-0.3, -0.25) is 4.79 Å². The maximum Gasteiger partial charge on any atom is 0.253 e. The first kappa shape index (κ1) is 10.9. The lowest BCUT2D eigenvalue weighted by molar-refractivity contribution is -0.145. The second-order valence-corrected chi connectivity index (χ2v) is 4.30. The molecule has 2 heterocycles. The van der Waals surface area contributed by atoms with Crippen LogP contribution in [-0.4, -0.2) is 49.7 Å². The number of carbonyl (C=O) groups is 1. The molecule has 2 saturated heterocycles. The van der Waals surface area contributed by atoms with Gasteiger partial charge in [-0.2, -0.15) is 0 Å². The summed E-state index contributed by atoms with van der Waals surface area (Å²) in [5, 5.41) is 3.20. The SMILES string of the molecule is O=C([C@@H]1CNCCO1)N1CCCCCC1. The number of rotatable bonds is 1. The van der Waals surface area contributed by atoms with Gasteiger partial charge in [0.05, 0.1) is 6.61 Å². The Morgan fingerprint density at radius 1 is 1.20 bits per heavy atom. The van der Waals surface area contributed by atoms with E-state index in [1.807, 2.05) is 4.90 Å². The first-order valence-electron chi connectivity index (χ1n) is 5.99. The minimum Gasteiger partial charge on any atom is -0.366 e. The van der Waals surface area contributed by atoms with Crippen molar-refractivity contribution < 1.29 is 9.53 Å². The fourth-order valence-electron chi connectivity index (χ4n) is 2.22. The van der Waals surface area contributed by atoms with Gasteiger partial charge in [0.2, 0.25) is 0 Å². The van der Waals surface area contributed by atoms with Crippen LogP contribution in [0.4, 0.5) is 0 Å². The van der Waals surface area contributed by atoms with Crippen molar-refractivity contribution in [3.63, 3.8) is 0 Å². The van der Waals surface area contributed by atoms with E-state index in [0.29, 0.717) is 13.2 Å². The Morgan fingerprint density at radius 2 is 1.93 bits per heavy atom. The van der Waals surface area contributed by atoms with Gasteiger partial charge in [0, 0.05) is 26.2 Å². The van der Waals surface area contributed by atoms with Crippen LogP contribution in [0.25, 0.3) is 0 Å². The summed E-state index contributed by atoms with van der Waals surface area (Å²) >= 11 is 0. The molecule has 4 heteroatoms. The lowest BCUT2D eigenvalue weighted by Crippen LogP contribution is -2.49. The highest BCUT2D eigenvalue weighted by atomic mass is 16.5. The van der Waals surface area contributed by atoms with Crippen LogP contribution in [0.3, 0.4) is 0 Å². The highest BCUT2D eigenvalue weighted by molar-refractivity contribution is 5.81. The Morgan fingerprint density at radius 3 is 2.53 bits per heavy atom. The van der Waals surface area contributed by atoms with E-state index in [4.69, 9.17) is 4.74 Å². The number of nitrogens with one attached hydrogen (secondary N) is 1. The van der Waals surface area contributed by atoms with Gasteiger partial charge in [-0.15, -0.1) is 0 Å². The van der Waals surface area contributed by atoms with E-state index >= 15 is 0 Å². The molecule has 1 atom stereocenters. The zero-order valence-corrected chi connectivity index (χ0v) is 9.21. The average Bonchev–Trinajstić information content (AvgIpc) is 2.58. The minimum absolute atomic E-state index is 0.184. The van der Waals surface area contributed by atoms with E-state index in [0.717, 1.165) is 32.5 Å². The molecule has 86 valence electrons. The molecule has 1 N–H and O–H groups in total. The zero-order chi connectivity index (χ0) is 10.5. The lowest BCUT2D eigenvalue weighted by Gasteiger charge is -2.28. The smallest absolute Gasteiger partial charge is 0.253 e. The topological polar surface area (TPSA) is 41.6 Å². The number of hydrogen-bond acceptors (Lipinski definition) is 3. The van der Waals surface area contributed by atoms with Crippen molar-refractivity contribution in [2.45, 2.75) is 31.8 Å². The lowest BCUT2D eigenvalue weighted by atomic mass is 10.2. The molecule has 2 aliphatic rings. The first-order chi connectivity index (χ1) is 7.38. The van der Waals surface area contributed by atoms with Gasteiger partial charge >= 0.3 is 0 Å². The third-order valence-electron chi connectivity index (χ3n) is 3.12. The van der Waals surface area contributed by atoms with Gasteiger partial charge in [-0.1, -0.05) is 12.8 Å². The predicted molar refractivity (Wildman–Crippen MR) is 57.7 cm³/mol. The van der Waals surface area contributed by atoms with Crippen LogP contribution in [0.15, 0.2) is 0 Å². The van der Waals surface area contributed by atoms with Crippen LogP contribution >= 0.6 is 0 Å². The third kappa shape index (κ3) is 2.92. The third-order valence-corrected chi connectivity index (χ3v) is 3.12. The van der Waals surface area contributed by atoms with Crippen LogP contribution in [0.5, 0.6) is 0 Å². The predicted octanol–water partition coefficient (Wildman–Crippen LogP) is 0.377. The maximum atomic E-state index is 12.1. The second-order valence-electron chi connectivity index (χ2n) is 4.30. The van der Waals surface area contributed by atoms with Gasteiger partial charge < -0.3 is 15.0 Å². The van der Waals surface area contributed by atoms with Crippen molar-refractivity contribution >= 4 is 5.91 Å². The summed E-state index contributed by atoms with van der Waals surface area (Å²) in [6.07, 6.45) is 4.57. The van der Waals surface area contributed by atoms with E-state index in [2.05, 4.69) is 5.32 Å². The number of carbonyl (C=O) groups excluding carboxylic acids is 1. The molecule has 0 aromatic rings. The zero-order valence-electron chi connectivity index (χ0n) is 9.21. The van der Waals surface area contributed by atoms with Crippen molar-refractivity contribution in [3.8, 4) is 0 Å². The number of amides is 1. The molecule has 0 saturated carbocycles. The fourth-order valence-corrected chi connectivity index (χ4v) is 2.22. The monoisotopic (exact) mass is 212 g/mol. The van der Waals surface area contributed by atoms with E-state index in [1.165, 1.54) is 12.8 Å². The number of likely N-dealkylation sites (tertiary alicyclic amines) is 1. The van der Waals surface area contributed by atoms with E-state index in [1.54, 1.807) is 0 Å². The van der Waals surface area contributed by atoms with Gasteiger partial charge in [0.15, 0.2) is 0 Å². The molecule has 2 rings (SSSR count). The summed E-state index contributed by atoms with van der Waals surface area (Å²) in [7, 11) is 0. The van der Waals surface area contributed by atoms with Gasteiger partial charge in [0.1, 0.15) is 6.10 Å². The largest absolute Gasteiger partial charge is 0.366 e. The Balaban J connectivity index is 1.87. The van der Waals surface area contributed by atoms with Gasteiger partial charge in [0.25, 0.3) is 5.91 Å². The number of nitrogens with zero attached hydrogens (tertiary/aromatic N) is 1. The highest BCUT2D eigenvalue weighted by Crippen LogP contribution is 2.12. The summed E-state index contributed by atoms with van der Waals surface area (Å²) < 4.78 is 5.48. The van der Waals surface area contributed by atoms with Gasteiger partial charge in [-0.05, 0) is 12.8 Å². The van der Waals surface area contributed by atoms with Crippen LogP contribution in [0.1, 0.15) is 25.7 Å². The molecule has 4 nitrogen and oxygen atoms in total. The molecule has 0 unspecified atom stereocenters. The van der Waals surface area contributed by atoms with Crippen molar-refractivity contribution in [2.75, 3.05) is 32.8 Å². The van der Waals surface area contributed by atoms with E-state index < -0.39 is 0 Å². The summed E-state index contributed by atoms with van der Waals surface area (Å²) in [6, 6.07) is 0. The Kier molecular flexibility index (Phi) is 3.97. The van der Waals surface area contributed by atoms with Crippen molar-refractivity contribution in [1.82, 2.24) is 10.2 Å². The number of hydrogen-bond donors (Lipinski definition) is 1. The molecule has 0 aromatic carbocycles. The highest BCUT2D eigenvalue weighted by Gasteiger charge is 2.26. The molecular formula is C11H20N2O2. The summed E-state index contributed by atoms with van der Waals surface area (Å²) in [5.41, 5.74) is 0. The van der Waals surface area contributed by atoms with Crippen LogP contribution in [0.2, 0.25) is 0 Å². The van der Waals surface area contributed by atoms with Crippen LogP contribution in [-0.2, 0) is 9.53 Å². The number of ether oxygens (including phenoxy) is 1. The summed E-state index contributed by atoms with van der Waals surface area (Å²) in [4.78, 5) is 14.0. The van der Waals surface area contributed by atoms with Gasteiger partial charge in [-0.25, -0.2) is 0 Å². The van der Waals surface area contributed by atoms with E-state index in [-0.39, 0.29) is 12.0 Å². The second kappa shape index (κ2) is 5.47. The Hall–Kier alpha value is -0.610. The summed E-state index contributed by atoms with van der Waals surface area (Å²) in [5.74, 6) is 0.184. The molecular weight excluding hydrogens is 192 g/mol. The van der Waals surface area contributed by atoms with Crippen molar-refractivity contribution in [3.05, 3.63) is 0 Å². The summed E-state index contributed by atoms with van der Waals surface area (Å²) in [6.45, 7) is 4.03. The van der Waals surface area contributed by atoms with Crippen molar-refractivity contribution in [1.29, 1.82) is 0 Å². The van der Waals surface area contributed by atoms with Crippen LogP contribution < -0.4 is 5.32 Å². The molecule has 0 radical (unpaired) electrons. The molecule has 15 heavy (non-hydrogen) atoms. The average molecular weight is 212 g/mol. The van der Waals surface area contributed by atoms with E-state index in [9.17, 15) is 4.79 Å².